The third-order valence-electron chi connectivity index (χ3n) is 1.69. The maximum Gasteiger partial charge on any atom is 0.325 e. The van der Waals surface area contributed by atoms with Crippen LogP contribution in [0.25, 0.3) is 0 Å². The first-order valence-electron chi connectivity index (χ1n) is 3.80. The summed E-state index contributed by atoms with van der Waals surface area (Å²) in [6.07, 6.45) is -1.34. The van der Waals surface area contributed by atoms with Crippen LogP contribution in [0.3, 0.4) is 0 Å². The Kier molecular flexibility index (Phi) is 3.62. The van der Waals surface area contributed by atoms with E-state index in [0.717, 1.165) is 6.20 Å². The highest BCUT2D eigenvalue weighted by Crippen LogP contribution is 2.12. The number of H-pyrrole nitrogens is 2. The van der Waals surface area contributed by atoms with Gasteiger partial charge in [0.15, 0.2) is 0 Å². The van der Waals surface area contributed by atoms with Gasteiger partial charge in [0.2, 0.25) is 0 Å². The van der Waals surface area contributed by atoms with E-state index >= 15 is 0 Å². The van der Waals surface area contributed by atoms with Crippen LogP contribution in [-0.2, 0) is 0 Å². The highest BCUT2D eigenvalue weighted by atomic mass is 79.9. The third kappa shape index (κ3) is 2.31. The van der Waals surface area contributed by atoms with Crippen LogP contribution in [0.1, 0.15) is 11.7 Å². The molecule has 0 aliphatic rings. The van der Waals surface area contributed by atoms with Crippen LogP contribution in [-0.4, -0.2) is 31.6 Å². The summed E-state index contributed by atoms with van der Waals surface area (Å²) < 4.78 is 0. The average Bonchev–Trinajstić information content (AvgIpc) is 2.15. The molecule has 14 heavy (non-hydrogen) atoms. The van der Waals surface area contributed by atoms with Crippen molar-refractivity contribution < 1.29 is 10.2 Å². The number of aromatic nitrogens is 2. The standard InChI is InChI=1S/C7H9BrN2O4/c8-1-4(11)5(12)3-2-9-7(14)10-6(3)13/h2,4-5,11-12H,1H2,(H2,9,10,13,14). The predicted molar refractivity (Wildman–Crippen MR) is 52.4 cm³/mol. The molecule has 7 heteroatoms. The fraction of sp³-hybridized carbons (Fsp3) is 0.429. The Morgan fingerprint density at radius 1 is 1.43 bits per heavy atom. The van der Waals surface area contributed by atoms with Gasteiger partial charge in [0, 0.05) is 11.5 Å². The van der Waals surface area contributed by atoms with E-state index in [1.54, 1.807) is 0 Å². The molecule has 0 saturated heterocycles. The lowest BCUT2D eigenvalue weighted by molar-refractivity contribution is 0.0331. The topological polar surface area (TPSA) is 106 Å². The van der Waals surface area contributed by atoms with E-state index in [4.69, 9.17) is 0 Å². The van der Waals surface area contributed by atoms with Gasteiger partial charge in [-0.1, -0.05) is 15.9 Å². The number of rotatable bonds is 3. The Balaban J connectivity index is 3.08. The molecule has 1 rings (SSSR count). The minimum absolute atomic E-state index is 0.0726. The summed E-state index contributed by atoms with van der Waals surface area (Å²) in [7, 11) is 0. The van der Waals surface area contributed by atoms with E-state index in [0.29, 0.717) is 0 Å². The second-order valence-electron chi connectivity index (χ2n) is 2.69. The number of hydrogen-bond acceptors (Lipinski definition) is 4. The SMILES string of the molecule is O=c1[nH]cc(C(O)C(O)CBr)c(=O)[nH]1. The lowest BCUT2D eigenvalue weighted by Gasteiger charge is -2.13. The van der Waals surface area contributed by atoms with E-state index in [-0.39, 0.29) is 10.9 Å². The van der Waals surface area contributed by atoms with E-state index in [9.17, 15) is 19.8 Å². The quantitative estimate of drug-likeness (QED) is 0.518. The van der Waals surface area contributed by atoms with Crippen LogP contribution >= 0.6 is 15.9 Å². The van der Waals surface area contributed by atoms with Crippen molar-refractivity contribution in [3.8, 4) is 0 Å². The van der Waals surface area contributed by atoms with Gasteiger partial charge in [-0.05, 0) is 0 Å². The van der Waals surface area contributed by atoms with Gasteiger partial charge in [-0.15, -0.1) is 0 Å². The molecule has 0 saturated carbocycles. The molecular weight excluding hydrogens is 256 g/mol. The number of halogens is 1. The number of aromatic amines is 2. The lowest BCUT2D eigenvalue weighted by atomic mass is 10.1. The van der Waals surface area contributed by atoms with Gasteiger partial charge < -0.3 is 15.2 Å². The molecule has 0 aliphatic carbocycles. The maximum atomic E-state index is 11.1. The number of alkyl halides is 1. The van der Waals surface area contributed by atoms with Crippen LogP contribution in [0, 0.1) is 0 Å². The van der Waals surface area contributed by atoms with Gasteiger partial charge in [0.25, 0.3) is 5.56 Å². The monoisotopic (exact) mass is 264 g/mol. The van der Waals surface area contributed by atoms with E-state index < -0.39 is 23.5 Å². The molecule has 4 N–H and O–H groups in total. The first-order valence-corrected chi connectivity index (χ1v) is 4.92. The van der Waals surface area contributed by atoms with Crippen molar-refractivity contribution in [3.63, 3.8) is 0 Å². The second kappa shape index (κ2) is 4.54. The van der Waals surface area contributed by atoms with Crippen molar-refractivity contribution >= 4 is 15.9 Å². The summed E-state index contributed by atoms with van der Waals surface area (Å²) in [6.45, 7) is 0. The zero-order valence-corrected chi connectivity index (χ0v) is 8.61. The molecular formula is C7H9BrN2O4. The van der Waals surface area contributed by atoms with Crippen molar-refractivity contribution in [2.24, 2.45) is 0 Å². The van der Waals surface area contributed by atoms with E-state index in [1.807, 2.05) is 4.98 Å². The minimum Gasteiger partial charge on any atom is -0.389 e. The lowest BCUT2D eigenvalue weighted by Crippen LogP contribution is -2.30. The Morgan fingerprint density at radius 3 is 2.57 bits per heavy atom. The Bertz CT molecular complexity index is 413. The van der Waals surface area contributed by atoms with Crippen molar-refractivity contribution in [1.82, 2.24) is 9.97 Å². The maximum absolute atomic E-state index is 11.1. The summed E-state index contributed by atoms with van der Waals surface area (Å²) in [5.41, 5.74) is -1.43. The molecule has 0 bridgehead atoms. The van der Waals surface area contributed by atoms with Crippen LogP contribution in [0.15, 0.2) is 15.8 Å². The minimum atomic E-state index is -1.32. The summed E-state index contributed by atoms with van der Waals surface area (Å²) in [4.78, 5) is 25.9. The molecule has 1 aromatic rings. The van der Waals surface area contributed by atoms with Crippen LogP contribution in [0.4, 0.5) is 0 Å². The molecule has 1 aromatic heterocycles. The van der Waals surface area contributed by atoms with Gasteiger partial charge in [-0.3, -0.25) is 9.78 Å². The molecule has 0 fully saturated rings. The van der Waals surface area contributed by atoms with Crippen molar-refractivity contribution in [1.29, 1.82) is 0 Å². The van der Waals surface area contributed by atoms with Gasteiger partial charge >= 0.3 is 5.69 Å². The average molecular weight is 265 g/mol. The molecule has 1 heterocycles. The molecule has 0 aromatic carbocycles. The second-order valence-corrected chi connectivity index (χ2v) is 3.34. The largest absolute Gasteiger partial charge is 0.389 e. The first kappa shape index (κ1) is 11.2. The Morgan fingerprint density at radius 2 is 2.07 bits per heavy atom. The summed E-state index contributed by atoms with van der Waals surface area (Å²) in [6, 6.07) is 0. The first-order chi connectivity index (χ1) is 6.56. The van der Waals surface area contributed by atoms with Crippen molar-refractivity contribution in [2.45, 2.75) is 12.2 Å². The van der Waals surface area contributed by atoms with E-state index in [2.05, 4.69) is 20.9 Å². The molecule has 0 radical (unpaired) electrons. The molecule has 2 unspecified atom stereocenters. The molecule has 0 aliphatic heterocycles. The molecule has 78 valence electrons. The number of hydrogen-bond donors (Lipinski definition) is 4. The highest BCUT2D eigenvalue weighted by Gasteiger charge is 2.20. The zero-order valence-electron chi connectivity index (χ0n) is 7.03. The Labute approximate surface area is 86.7 Å². The summed E-state index contributed by atoms with van der Waals surface area (Å²) in [5.74, 6) is 0. The van der Waals surface area contributed by atoms with Gasteiger partial charge in [0.1, 0.15) is 6.10 Å². The smallest absolute Gasteiger partial charge is 0.325 e. The molecule has 2 atom stereocenters. The Hall–Kier alpha value is -0.920. The summed E-state index contributed by atoms with van der Waals surface area (Å²) >= 11 is 2.96. The van der Waals surface area contributed by atoms with Crippen molar-refractivity contribution in [3.05, 3.63) is 32.6 Å². The van der Waals surface area contributed by atoms with Crippen LogP contribution < -0.4 is 11.2 Å². The molecule has 0 amide bonds. The zero-order chi connectivity index (χ0) is 10.7. The molecule has 6 nitrogen and oxygen atoms in total. The normalized spacial score (nSPS) is 15.1. The van der Waals surface area contributed by atoms with Crippen molar-refractivity contribution in [2.75, 3.05) is 5.33 Å². The number of aliphatic hydroxyl groups excluding tert-OH is 2. The van der Waals surface area contributed by atoms with Gasteiger partial charge in [-0.2, -0.15) is 0 Å². The van der Waals surface area contributed by atoms with E-state index in [1.165, 1.54) is 0 Å². The number of aliphatic hydroxyl groups is 2. The highest BCUT2D eigenvalue weighted by molar-refractivity contribution is 9.09. The summed E-state index contributed by atoms with van der Waals surface area (Å²) in [5, 5.41) is 18.8. The number of nitrogens with one attached hydrogen (secondary N) is 2. The molecule has 0 spiro atoms. The fourth-order valence-corrected chi connectivity index (χ4v) is 1.29. The third-order valence-corrected chi connectivity index (χ3v) is 2.35. The van der Waals surface area contributed by atoms with Crippen LogP contribution in [0.2, 0.25) is 0 Å². The van der Waals surface area contributed by atoms with Gasteiger partial charge in [-0.25, -0.2) is 4.79 Å². The fourth-order valence-electron chi connectivity index (χ4n) is 0.932. The van der Waals surface area contributed by atoms with Gasteiger partial charge in [0.05, 0.1) is 11.7 Å². The predicted octanol–water partition coefficient (Wildman–Crippen LogP) is -1.15. The van der Waals surface area contributed by atoms with Crippen LogP contribution in [0.5, 0.6) is 0 Å².